The second-order valence-electron chi connectivity index (χ2n) is 20.0. The van der Waals surface area contributed by atoms with Crippen LogP contribution in [0.2, 0.25) is 0 Å². The average Bonchev–Trinajstić information content (AvgIpc) is 4.19. The van der Waals surface area contributed by atoms with Crippen LogP contribution in [0.1, 0.15) is 103 Å². The van der Waals surface area contributed by atoms with Crippen molar-refractivity contribution in [2.45, 2.75) is 89.6 Å². The van der Waals surface area contributed by atoms with Gasteiger partial charge >= 0.3 is 18.2 Å². The lowest BCUT2D eigenvalue weighted by molar-refractivity contribution is -0.119. The molecule has 6 rings (SSSR count). The van der Waals surface area contributed by atoms with Gasteiger partial charge in [0, 0.05) is 37.5 Å². The number of hydrogen-bond donors (Lipinski definition) is 8. The maximum atomic E-state index is 14.2. The third kappa shape index (κ3) is 16.9. The molecule has 2 aliphatic heterocycles. The molecule has 25 nitrogen and oxygen atoms in total. The Morgan fingerprint density at radius 3 is 1.78 bits per heavy atom. The number of benzene rings is 3. The smallest absolute Gasteiger partial charge is 0.411 e. The minimum absolute atomic E-state index is 0.0509. The van der Waals surface area contributed by atoms with E-state index in [1.807, 2.05) is 13.8 Å². The van der Waals surface area contributed by atoms with Gasteiger partial charge in [-0.1, -0.05) is 68.2 Å². The predicted octanol–water partition coefficient (Wildman–Crippen LogP) is 6.22. The van der Waals surface area contributed by atoms with Crippen molar-refractivity contribution in [3.8, 4) is 23.0 Å². The average molecular weight is 1140 g/mol. The van der Waals surface area contributed by atoms with E-state index < -0.39 is 60.1 Å². The molecule has 4 aromatic rings. The highest BCUT2D eigenvalue weighted by molar-refractivity contribution is 6.05. The van der Waals surface area contributed by atoms with Gasteiger partial charge in [-0.3, -0.25) is 25.0 Å². The van der Waals surface area contributed by atoms with Gasteiger partial charge in [0.2, 0.25) is 5.91 Å². The minimum atomic E-state index is -0.897. The van der Waals surface area contributed by atoms with Gasteiger partial charge in [-0.15, -0.1) is 5.10 Å². The number of carbonyl (C=O) groups is 6. The van der Waals surface area contributed by atoms with Crippen LogP contribution in [-0.4, -0.2) is 150 Å². The third-order valence-electron chi connectivity index (χ3n) is 13.6. The number of nitrogens with two attached hydrogens (primary N) is 2. The van der Waals surface area contributed by atoms with Gasteiger partial charge in [0.15, 0.2) is 23.0 Å². The fourth-order valence-corrected chi connectivity index (χ4v) is 9.15. The third-order valence-corrected chi connectivity index (χ3v) is 13.6. The second-order valence-corrected chi connectivity index (χ2v) is 20.0. The summed E-state index contributed by atoms with van der Waals surface area (Å²) in [7, 11) is 2.84. The molecule has 10 N–H and O–H groups in total. The molecular weight excluding hydrogens is 1060 g/mol. The van der Waals surface area contributed by atoms with Crippen LogP contribution in [-0.2, 0) is 20.9 Å². The van der Waals surface area contributed by atoms with E-state index in [1.54, 1.807) is 30.5 Å². The summed E-state index contributed by atoms with van der Waals surface area (Å²) in [5, 5.41) is 39.2. The highest BCUT2D eigenvalue weighted by atomic mass is 16.6. The summed E-state index contributed by atoms with van der Waals surface area (Å²) in [5.41, 5.74) is 14.9. The number of amides is 7. The van der Waals surface area contributed by atoms with Crippen molar-refractivity contribution in [3.63, 3.8) is 0 Å². The molecule has 1 aromatic heterocycles. The topological polar surface area (TPSA) is 336 Å². The molecule has 25 heteroatoms. The van der Waals surface area contributed by atoms with Crippen LogP contribution in [0.3, 0.4) is 0 Å². The first-order chi connectivity index (χ1) is 39.4. The zero-order valence-electron chi connectivity index (χ0n) is 46.8. The van der Waals surface area contributed by atoms with Crippen LogP contribution in [0.15, 0.2) is 91.7 Å². The Morgan fingerprint density at radius 2 is 1.29 bits per heavy atom. The molecule has 4 atom stereocenters. The van der Waals surface area contributed by atoms with Crippen LogP contribution in [0, 0.1) is 5.92 Å². The molecule has 442 valence electrons. The number of nitrogens with zero attached hydrogens (tertiary/aromatic N) is 5. The van der Waals surface area contributed by atoms with Gasteiger partial charge in [-0.05, 0) is 80.7 Å². The highest BCUT2D eigenvalue weighted by Gasteiger charge is 2.35. The summed E-state index contributed by atoms with van der Waals surface area (Å²) in [6.07, 6.45) is 4.55. The van der Waals surface area contributed by atoms with E-state index in [0.29, 0.717) is 61.9 Å². The van der Waals surface area contributed by atoms with E-state index >= 15 is 0 Å². The monoisotopic (exact) mass is 1140 g/mol. The Morgan fingerprint density at radius 1 is 0.756 bits per heavy atom. The van der Waals surface area contributed by atoms with Crippen molar-refractivity contribution in [1.82, 2.24) is 30.1 Å². The van der Waals surface area contributed by atoms with E-state index in [1.165, 1.54) is 59.0 Å². The zero-order chi connectivity index (χ0) is 59.5. The number of nitrogens with one attached hydrogen (secondary N) is 4. The van der Waals surface area contributed by atoms with Crippen molar-refractivity contribution in [2.24, 2.45) is 17.4 Å². The van der Waals surface area contributed by atoms with Crippen LogP contribution >= 0.6 is 0 Å². The Kier molecular flexibility index (Phi) is 23.0. The van der Waals surface area contributed by atoms with Gasteiger partial charge in [0.05, 0.1) is 93.2 Å². The number of primary amides is 1. The van der Waals surface area contributed by atoms with E-state index in [2.05, 4.69) is 51.3 Å². The molecule has 2 saturated heterocycles. The fraction of sp³-hybridized carbons (Fsp3) is 0.439. The lowest BCUT2D eigenvalue weighted by Crippen LogP contribution is -2.38. The first kappa shape index (κ1) is 62.5. The lowest BCUT2D eigenvalue weighted by Gasteiger charge is -2.25. The summed E-state index contributed by atoms with van der Waals surface area (Å²) < 4.78 is 35.7. The summed E-state index contributed by atoms with van der Waals surface area (Å²) in [6, 6.07) is 9.60. The largest absolute Gasteiger partial charge is 0.493 e. The molecule has 0 bridgehead atoms. The van der Waals surface area contributed by atoms with E-state index in [4.69, 9.17) is 39.9 Å². The molecule has 0 radical (unpaired) electrons. The number of methoxy groups -OCH3 is 2. The first-order valence-corrected chi connectivity index (χ1v) is 26.8. The van der Waals surface area contributed by atoms with E-state index in [9.17, 15) is 39.0 Å². The molecule has 3 aromatic carbocycles. The fourth-order valence-electron chi connectivity index (χ4n) is 9.15. The van der Waals surface area contributed by atoms with Gasteiger partial charge in [0.1, 0.15) is 19.3 Å². The quantitative estimate of drug-likeness (QED) is 0.0221. The van der Waals surface area contributed by atoms with Crippen LogP contribution in [0.25, 0.3) is 0 Å². The Bertz CT molecular complexity index is 2930. The number of rotatable bonds is 29. The minimum Gasteiger partial charge on any atom is -0.493 e. The number of hydrogen-bond acceptors (Lipinski definition) is 17. The molecule has 82 heavy (non-hydrogen) atoms. The number of ether oxygens (including phenoxy) is 6. The zero-order valence-corrected chi connectivity index (χ0v) is 46.8. The van der Waals surface area contributed by atoms with Gasteiger partial charge in [-0.2, -0.15) is 0 Å². The molecule has 0 unspecified atom stereocenters. The highest BCUT2D eigenvalue weighted by Crippen LogP contribution is 2.38. The van der Waals surface area contributed by atoms with Crippen LogP contribution < -0.4 is 51.7 Å². The molecule has 2 fully saturated rings. The van der Waals surface area contributed by atoms with Gasteiger partial charge in [0.25, 0.3) is 11.8 Å². The maximum Gasteiger partial charge on any atom is 0.411 e. The molecule has 0 aliphatic carbocycles. The maximum absolute atomic E-state index is 14.2. The Balaban J connectivity index is 1.09. The molecular formula is C57H75N11O14. The summed E-state index contributed by atoms with van der Waals surface area (Å²) >= 11 is 0. The number of carbonyl (C=O) groups excluding carboxylic acids is 6. The Labute approximate surface area is 475 Å². The second kappa shape index (κ2) is 30.2. The van der Waals surface area contributed by atoms with Crippen LogP contribution in [0.5, 0.6) is 23.0 Å². The molecule has 0 saturated carbocycles. The Hall–Kier alpha value is -8.68. The lowest BCUT2D eigenvalue weighted by atomic mass is 10.0. The van der Waals surface area contributed by atoms with Crippen LogP contribution in [0.4, 0.5) is 31.4 Å². The standard InChI is InChI=1S/C57H75N11O14/c1-8-19-81-56(75)62-43-26-49(47(77-6)24-41(43)53(72)66-28-35(4)22-39(66)31-69)79-20-10-9-11-21-80-50-27-44(42(25-48(50)78-7)54(73)67-29-36(5)23-40(67)32-70)63-57(76)82-33-37-14-16-38(17-15-37)61-52(71)46(13-12-18-60-55(59)74)68-30-45(64-65-68)51(58)34(2)3/h8,14-17,24-27,30,34,39-40,46,51,69-70H,1,4-5,9-13,18-23,28-29,31-33,58H2,2-3,6-7H3,(H,61,71)(H,62,75)(H,63,76)(H3,59,60,74)/t39-,40-,46+,51+/m1/s1. The number of unbranched alkanes of at least 4 members (excludes halogenated alkanes) is 2. The summed E-state index contributed by atoms with van der Waals surface area (Å²) in [5.74, 6) is -0.356. The number of urea groups is 1. The summed E-state index contributed by atoms with van der Waals surface area (Å²) in [4.78, 5) is 82.2. The van der Waals surface area contributed by atoms with Crippen molar-refractivity contribution in [1.29, 1.82) is 0 Å². The summed E-state index contributed by atoms with van der Waals surface area (Å²) in [6.45, 7) is 15.7. The number of aromatic nitrogens is 3. The van der Waals surface area contributed by atoms with E-state index in [-0.39, 0.29) is 111 Å². The van der Waals surface area contributed by atoms with Gasteiger partial charge < -0.3 is 70.5 Å². The number of aliphatic hydroxyl groups is 2. The van der Waals surface area contributed by atoms with Crippen molar-refractivity contribution < 1.29 is 67.4 Å². The van der Waals surface area contributed by atoms with E-state index in [0.717, 1.165) is 11.1 Å². The molecule has 2 aliphatic rings. The molecule has 3 heterocycles. The normalized spacial score (nSPS) is 15.6. The number of likely N-dealkylation sites (tertiary alicyclic amines) is 2. The SMILES string of the molecule is C=CCOC(=O)Nc1cc(OCCCCCOc2cc(NC(=O)OCc3ccc(NC(=O)[C@H](CCCNC(N)=O)n4cc([C@@H](N)C(C)C)nn4)cc3)c(C(=O)N3CC(=C)C[C@@H]3CO)cc2OC)c(OC)cc1C(=O)N1CC(=C)C[C@@H]1CO. The number of aliphatic hydroxyl groups excluding tert-OH is 2. The van der Waals surface area contributed by atoms with Crippen molar-refractivity contribution >= 4 is 53.0 Å². The van der Waals surface area contributed by atoms with Crippen molar-refractivity contribution in [3.05, 3.63) is 114 Å². The predicted molar refractivity (Wildman–Crippen MR) is 304 cm³/mol. The first-order valence-electron chi connectivity index (χ1n) is 26.8. The van der Waals surface area contributed by atoms with Gasteiger partial charge in [-0.25, -0.2) is 19.1 Å². The number of anilines is 3. The van der Waals surface area contributed by atoms with Crippen molar-refractivity contribution in [2.75, 3.05) is 82.8 Å². The molecule has 0 spiro atoms. The molecule has 7 amide bonds.